The van der Waals surface area contributed by atoms with Crippen LogP contribution in [0.5, 0.6) is 0 Å². The van der Waals surface area contributed by atoms with E-state index in [-0.39, 0.29) is 11.3 Å². The molecule has 0 amide bonds. The van der Waals surface area contributed by atoms with Crippen molar-refractivity contribution in [2.45, 2.75) is 32.4 Å². The summed E-state index contributed by atoms with van der Waals surface area (Å²) in [6.45, 7) is 6.15. The Morgan fingerprint density at radius 2 is 1.77 bits per heavy atom. The van der Waals surface area contributed by atoms with Gasteiger partial charge in [0.2, 0.25) is 0 Å². The maximum Gasteiger partial charge on any atom is 0.436 e. The van der Waals surface area contributed by atoms with Crippen LogP contribution in [0.2, 0.25) is 0 Å². The van der Waals surface area contributed by atoms with Gasteiger partial charge in [-0.15, -0.1) is 0 Å². The molecule has 0 unspecified atom stereocenters. The number of nitrogens with zero attached hydrogens (tertiary/aromatic N) is 3. The van der Waals surface area contributed by atoms with Crippen LogP contribution in [-0.2, 0) is 23.5 Å². The predicted octanol–water partition coefficient (Wildman–Crippen LogP) is 3.21. The molecule has 0 aliphatic heterocycles. The summed E-state index contributed by atoms with van der Waals surface area (Å²) in [5.41, 5.74) is 5.16. The van der Waals surface area contributed by atoms with E-state index in [1.54, 1.807) is 12.1 Å². The normalized spacial score (nSPS) is 13.0. The third-order valence-corrected chi connectivity index (χ3v) is 3.59. The maximum absolute atomic E-state index is 12.9. The molecule has 1 aromatic carbocycles. The minimum atomic E-state index is -4.78. The topological polar surface area (TPSA) is 82.5 Å². The molecule has 26 heavy (non-hydrogen) atoms. The van der Waals surface area contributed by atoms with Crippen LogP contribution < -0.4 is 5.73 Å². The Bertz CT molecular complexity index is 831. The minimum absolute atomic E-state index is 0.0504. The molecule has 0 aliphatic carbocycles. The lowest BCUT2D eigenvalue weighted by Gasteiger charge is -2.18. The average Bonchev–Trinajstić information content (AvgIpc) is 2.94. The largest absolute Gasteiger partial charge is 0.436 e. The van der Waals surface area contributed by atoms with E-state index in [9.17, 15) is 18.0 Å². The van der Waals surface area contributed by atoms with Crippen molar-refractivity contribution in [3.05, 3.63) is 52.8 Å². The van der Waals surface area contributed by atoms with Crippen molar-refractivity contribution in [1.82, 2.24) is 9.78 Å². The highest BCUT2D eigenvalue weighted by Gasteiger charge is 2.39. The first-order valence-electron chi connectivity index (χ1n) is 7.66. The van der Waals surface area contributed by atoms with E-state index in [1.807, 2.05) is 32.9 Å². The molecule has 6 nitrogen and oxygen atoms in total. The van der Waals surface area contributed by atoms with E-state index in [0.29, 0.717) is 5.56 Å². The van der Waals surface area contributed by atoms with Crippen molar-refractivity contribution in [3.63, 3.8) is 0 Å². The molecule has 0 aliphatic rings. The number of hydrogen-bond acceptors (Lipinski definition) is 4. The highest BCUT2D eigenvalue weighted by molar-refractivity contribution is 5.98. The van der Waals surface area contributed by atoms with Crippen LogP contribution in [0.4, 0.5) is 13.2 Å². The van der Waals surface area contributed by atoms with Gasteiger partial charge >= 0.3 is 12.1 Å². The van der Waals surface area contributed by atoms with Gasteiger partial charge in [0.15, 0.2) is 11.5 Å². The monoisotopic (exact) mass is 368 g/mol. The third-order valence-electron chi connectivity index (χ3n) is 3.59. The number of carbonyl (C=O) groups is 1. The Kier molecular flexibility index (Phi) is 5.11. The van der Waals surface area contributed by atoms with Gasteiger partial charge in [0.25, 0.3) is 0 Å². The molecule has 9 heteroatoms. The van der Waals surface area contributed by atoms with Gasteiger partial charge in [0, 0.05) is 18.8 Å². The van der Waals surface area contributed by atoms with Crippen LogP contribution in [0.1, 0.15) is 48.0 Å². The number of alkyl halides is 3. The van der Waals surface area contributed by atoms with Crippen molar-refractivity contribution in [1.29, 1.82) is 0 Å². The quantitative estimate of drug-likeness (QED) is 0.390. The van der Waals surface area contributed by atoms with Crippen molar-refractivity contribution in [3.8, 4) is 0 Å². The van der Waals surface area contributed by atoms with Crippen LogP contribution in [0.15, 0.2) is 35.6 Å². The number of nitrogens with two attached hydrogens (primary N) is 1. The fraction of sp³-hybridized carbons (Fsp3) is 0.353. The summed E-state index contributed by atoms with van der Waals surface area (Å²) in [6.07, 6.45) is -3.87. The van der Waals surface area contributed by atoms with E-state index < -0.39 is 23.4 Å². The molecule has 2 N–H and O–H groups in total. The highest BCUT2D eigenvalue weighted by atomic mass is 19.4. The number of aryl methyl sites for hydroxylation is 1. The SMILES string of the molecule is Cn1cc(C(=O)O/N=C(\N)c2ccc(C(C)(C)C)cc2)c(C(F)(F)F)n1. The lowest BCUT2D eigenvalue weighted by Crippen LogP contribution is -2.17. The van der Waals surface area contributed by atoms with Gasteiger partial charge in [0.1, 0.15) is 5.56 Å². The number of amidine groups is 1. The Hall–Kier alpha value is -2.84. The molecule has 0 saturated carbocycles. The van der Waals surface area contributed by atoms with Crippen LogP contribution in [0, 0.1) is 0 Å². The van der Waals surface area contributed by atoms with Crippen LogP contribution in [0.25, 0.3) is 0 Å². The van der Waals surface area contributed by atoms with Crippen LogP contribution in [0.3, 0.4) is 0 Å². The number of carbonyl (C=O) groups excluding carboxylic acids is 1. The number of rotatable bonds is 3. The maximum atomic E-state index is 12.9. The van der Waals surface area contributed by atoms with Crippen LogP contribution >= 0.6 is 0 Å². The van der Waals surface area contributed by atoms with Gasteiger partial charge < -0.3 is 10.6 Å². The molecule has 0 fully saturated rings. The highest BCUT2D eigenvalue weighted by Crippen LogP contribution is 2.30. The third kappa shape index (κ3) is 4.41. The summed E-state index contributed by atoms with van der Waals surface area (Å²) in [7, 11) is 1.26. The molecular formula is C17H19F3N4O2. The lowest BCUT2D eigenvalue weighted by molar-refractivity contribution is -0.142. The average molecular weight is 368 g/mol. The van der Waals surface area contributed by atoms with Crippen molar-refractivity contribution >= 4 is 11.8 Å². The molecular weight excluding hydrogens is 349 g/mol. The molecule has 2 rings (SSSR count). The van der Waals surface area contributed by atoms with E-state index in [1.165, 1.54) is 7.05 Å². The second-order valence-electron chi connectivity index (χ2n) is 6.75. The van der Waals surface area contributed by atoms with E-state index in [4.69, 9.17) is 5.73 Å². The molecule has 0 atom stereocenters. The van der Waals surface area contributed by atoms with E-state index in [0.717, 1.165) is 16.4 Å². The van der Waals surface area contributed by atoms with E-state index in [2.05, 4.69) is 15.1 Å². The number of aromatic nitrogens is 2. The number of benzene rings is 1. The van der Waals surface area contributed by atoms with Gasteiger partial charge in [-0.25, -0.2) is 4.79 Å². The van der Waals surface area contributed by atoms with E-state index >= 15 is 0 Å². The Morgan fingerprint density at radius 1 is 1.19 bits per heavy atom. The zero-order chi connectivity index (χ0) is 19.7. The minimum Gasteiger partial charge on any atom is -0.380 e. The second-order valence-corrected chi connectivity index (χ2v) is 6.75. The molecule has 0 spiro atoms. The summed E-state index contributed by atoms with van der Waals surface area (Å²) in [5.74, 6) is -1.42. The van der Waals surface area contributed by atoms with Gasteiger partial charge in [-0.1, -0.05) is 50.2 Å². The molecule has 2 aromatic rings. The second kappa shape index (κ2) is 6.81. The van der Waals surface area contributed by atoms with Crippen LogP contribution in [-0.4, -0.2) is 21.6 Å². The molecule has 0 radical (unpaired) electrons. The standard InChI is InChI=1S/C17H19F3N4O2/c1-16(2,3)11-7-5-10(6-8-11)14(21)23-26-15(25)12-9-24(4)22-13(12)17(18,19)20/h5-9H,1-4H3,(H2,21,23). The number of halogens is 3. The molecule has 140 valence electrons. The Balaban J connectivity index is 2.18. The molecule has 1 aromatic heterocycles. The fourth-order valence-corrected chi connectivity index (χ4v) is 2.18. The zero-order valence-corrected chi connectivity index (χ0v) is 14.8. The first-order chi connectivity index (χ1) is 11.9. The molecule has 0 saturated heterocycles. The smallest absolute Gasteiger partial charge is 0.380 e. The van der Waals surface area contributed by atoms with Gasteiger partial charge in [-0.2, -0.15) is 18.3 Å². The van der Waals surface area contributed by atoms with Crippen molar-refractivity contribution in [2.75, 3.05) is 0 Å². The first-order valence-corrected chi connectivity index (χ1v) is 7.66. The van der Waals surface area contributed by atoms with Crippen molar-refractivity contribution < 1.29 is 22.8 Å². The Labute approximate surface area is 148 Å². The fourth-order valence-electron chi connectivity index (χ4n) is 2.18. The number of oxime groups is 1. The summed E-state index contributed by atoms with van der Waals surface area (Å²) in [4.78, 5) is 16.5. The summed E-state index contributed by atoms with van der Waals surface area (Å²) >= 11 is 0. The predicted molar refractivity (Wildman–Crippen MR) is 89.5 cm³/mol. The van der Waals surface area contributed by atoms with Crippen molar-refractivity contribution in [2.24, 2.45) is 17.9 Å². The summed E-state index contributed by atoms with van der Waals surface area (Å²) in [5, 5.41) is 6.67. The zero-order valence-electron chi connectivity index (χ0n) is 14.8. The lowest BCUT2D eigenvalue weighted by atomic mass is 9.87. The Morgan fingerprint density at radius 3 is 2.27 bits per heavy atom. The first kappa shape index (κ1) is 19.5. The summed E-state index contributed by atoms with van der Waals surface area (Å²) < 4.78 is 39.5. The summed E-state index contributed by atoms with van der Waals surface area (Å²) in [6, 6.07) is 7.09. The van der Waals surface area contributed by atoms with Gasteiger partial charge in [-0.05, 0) is 11.0 Å². The van der Waals surface area contributed by atoms with Gasteiger partial charge in [-0.3, -0.25) is 4.68 Å². The molecule has 0 bridgehead atoms. The molecule has 1 heterocycles. The van der Waals surface area contributed by atoms with Gasteiger partial charge in [0.05, 0.1) is 0 Å². The number of hydrogen-bond donors (Lipinski definition) is 1.